The zero-order valence-corrected chi connectivity index (χ0v) is 9.08. The highest BCUT2D eigenvalue weighted by molar-refractivity contribution is 7.10. The molecule has 0 bridgehead atoms. The maximum Gasteiger partial charge on any atom is 0.383 e. The number of alkyl halides is 4. The van der Waals surface area contributed by atoms with Crippen molar-refractivity contribution in [2.75, 3.05) is 0 Å². The predicted molar refractivity (Wildman–Crippen MR) is 51.9 cm³/mol. The molecule has 0 saturated heterocycles. The van der Waals surface area contributed by atoms with Crippen molar-refractivity contribution in [1.29, 1.82) is 0 Å². The van der Waals surface area contributed by atoms with Crippen molar-refractivity contribution in [3.63, 3.8) is 0 Å². The van der Waals surface area contributed by atoms with Gasteiger partial charge in [-0.25, -0.2) is 8.78 Å². The van der Waals surface area contributed by atoms with E-state index in [2.05, 4.69) is 0 Å². The number of thiophene rings is 1. The van der Waals surface area contributed by atoms with Crippen LogP contribution in [0.25, 0.3) is 0 Å². The van der Waals surface area contributed by atoms with Gasteiger partial charge in [0.05, 0.1) is 6.54 Å². The van der Waals surface area contributed by atoms with Gasteiger partial charge in [0.25, 0.3) is 5.91 Å². The van der Waals surface area contributed by atoms with Gasteiger partial charge in [-0.2, -0.15) is 8.78 Å². The van der Waals surface area contributed by atoms with Crippen LogP contribution in [0, 0.1) is 6.92 Å². The summed E-state index contributed by atoms with van der Waals surface area (Å²) in [6.45, 7) is 1.58. The number of hydrogen-bond acceptors (Lipinski definition) is 2. The van der Waals surface area contributed by atoms with Crippen molar-refractivity contribution in [1.82, 2.24) is 5.32 Å². The van der Waals surface area contributed by atoms with Crippen molar-refractivity contribution in [2.24, 2.45) is 0 Å². The molecule has 1 N–H and O–H groups in total. The van der Waals surface area contributed by atoms with Crippen LogP contribution in [0.15, 0.2) is 11.4 Å². The molecule has 1 amide bonds. The molecule has 0 spiro atoms. The van der Waals surface area contributed by atoms with Crippen molar-refractivity contribution < 1.29 is 22.4 Å². The summed E-state index contributed by atoms with van der Waals surface area (Å²) in [7, 11) is 0. The summed E-state index contributed by atoms with van der Waals surface area (Å²) < 4.78 is 48.6. The molecule has 1 heterocycles. The van der Waals surface area contributed by atoms with Crippen molar-refractivity contribution in [3.8, 4) is 0 Å². The van der Waals surface area contributed by atoms with E-state index in [9.17, 15) is 22.4 Å². The monoisotopic (exact) mass is 255 g/mol. The van der Waals surface area contributed by atoms with Crippen LogP contribution in [-0.4, -0.2) is 18.3 Å². The predicted octanol–water partition coefficient (Wildman–Crippen LogP) is 2.57. The number of amides is 1. The van der Waals surface area contributed by atoms with E-state index in [1.54, 1.807) is 23.7 Å². The Kier molecular flexibility index (Phi) is 3.90. The average molecular weight is 255 g/mol. The van der Waals surface area contributed by atoms with Crippen LogP contribution >= 0.6 is 11.3 Å². The Balaban J connectivity index is 2.57. The molecule has 1 aromatic heterocycles. The smallest absolute Gasteiger partial charge is 0.346 e. The molecule has 0 aliphatic heterocycles. The second-order valence-electron chi connectivity index (χ2n) is 3.13. The second kappa shape index (κ2) is 4.82. The standard InChI is InChI=1S/C9H9F4NOS/c1-5-2-3-16-6(5)4-14-8(15)9(12,13)7(10)11/h2-3,7H,4H2,1H3,(H,14,15). The molecule has 7 heteroatoms. The Bertz CT molecular complexity index is 377. The SMILES string of the molecule is Cc1ccsc1CNC(=O)C(F)(F)C(F)F. The van der Waals surface area contributed by atoms with Gasteiger partial charge in [0.1, 0.15) is 0 Å². The van der Waals surface area contributed by atoms with Gasteiger partial charge in [0.15, 0.2) is 0 Å². The molecule has 90 valence electrons. The fraction of sp³-hybridized carbons (Fsp3) is 0.444. The molecule has 0 aliphatic carbocycles. The van der Waals surface area contributed by atoms with Crippen LogP contribution in [0.5, 0.6) is 0 Å². The molecule has 16 heavy (non-hydrogen) atoms. The molecule has 0 aromatic carbocycles. The molecule has 0 fully saturated rings. The first-order valence-electron chi connectivity index (χ1n) is 4.33. The number of rotatable bonds is 4. The Morgan fingerprint density at radius 2 is 2.19 bits per heavy atom. The van der Waals surface area contributed by atoms with Gasteiger partial charge in [0.2, 0.25) is 0 Å². The van der Waals surface area contributed by atoms with Gasteiger partial charge in [-0.15, -0.1) is 11.3 Å². The lowest BCUT2D eigenvalue weighted by molar-refractivity contribution is -0.169. The number of carbonyl (C=O) groups is 1. The third-order valence-corrected chi connectivity index (χ3v) is 2.98. The quantitative estimate of drug-likeness (QED) is 0.823. The number of nitrogens with one attached hydrogen (secondary N) is 1. The Morgan fingerprint density at radius 1 is 1.56 bits per heavy atom. The topological polar surface area (TPSA) is 29.1 Å². The van der Waals surface area contributed by atoms with E-state index in [0.29, 0.717) is 4.88 Å². The van der Waals surface area contributed by atoms with E-state index in [4.69, 9.17) is 0 Å². The van der Waals surface area contributed by atoms with Gasteiger partial charge >= 0.3 is 12.3 Å². The van der Waals surface area contributed by atoms with Crippen LogP contribution in [0.4, 0.5) is 17.6 Å². The zero-order chi connectivity index (χ0) is 12.3. The minimum Gasteiger partial charge on any atom is -0.346 e. The highest BCUT2D eigenvalue weighted by Crippen LogP contribution is 2.23. The number of aryl methyl sites for hydroxylation is 1. The Morgan fingerprint density at radius 3 is 2.62 bits per heavy atom. The number of hydrogen-bond donors (Lipinski definition) is 1. The normalized spacial score (nSPS) is 11.9. The van der Waals surface area contributed by atoms with Gasteiger partial charge in [-0.05, 0) is 23.9 Å². The highest BCUT2D eigenvalue weighted by atomic mass is 32.1. The summed E-state index contributed by atoms with van der Waals surface area (Å²) in [5.74, 6) is -6.58. The fourth-order valence-corrected chi connectivity index (χ4v) is 1.81. The summed E-state index contributed by atoms with van der Waals surface area (Å²) in [5, 5.41) is 3.51. The Labute approximate surface area is 93.3 Å². The number of halogens is 4. The molecule has 2 nitrogen and oxygen atoms in total. The first-order chi connectivity index (χ1) is 7.35. The summed E-state index contributed by atoms with van der Waals surface area (Å²) >= 11 is 1.26. The fourth-order valence-electron chi connectivity index (χ4n) is 0.963. The van der Waals surface area contributed by atoms with Crippen LogP contribution in [0.2, 0.25) is 0 Å². The lowest BCUT2D eigenvalue weighted by Gasteiger charge is -2.14. The zero-order valence-electron chi connectivity index (χ0n) is 8.27. The largest absolute Gasteiger partial charge is 0.383 e. The van der Waals surface area contributed by atoms with Gasteiger partial charge in [-0.1, -0.05) is 0 Å². The molecule has 0 unspecified atom stereocenters. The minimum absolute atomic E-state index is 0.162. The minimum atomic E-state index is -4.63. The molecule has 0 atom stereocenters. The van der Waals surface area contributed by atoms with E-state index in [1.165, 1.54) is 11.3 Å². The molecule has 1 rings (SSSR count). The van der Waals surface area contributed by atoms with Crippen molar-refractivity contribution in [2.45, 2.75) is 25.8 Å². The Hall–Kier alpha value is -1.11. The molecule has 1 aromatic rings. The molecule has 0 saturated carbocycles. The van der Waals surface area contributed by atoms with Crippen LogP contribution in [-0.2, 0) is 11.3 Å². The summed E-state index contributed by atoms with van der Waals surface area (Å²) in [4.78, 5) is 11.4. The lowest BCUT2D eigenvalue weighted by atomic mass is 10.3. The third-order valence-electron chi connectivity index (χ3n) is 1.95. The molecular weight excluding hydrogens is 246 g/mol. The van der Waals surface area contributed by atoms with Crippen molar-refractivity contribution >= 4 is 17.2 Å². The summed E-state index contributed by atoms with van der Waals surface area (Å²) in [6, 6.07) is 1.75. The van der Waals surface area contributed by atoms with Crippen LogP contribution in [0.1, 0.15) is 10.4 Å². The van der Waals surface area contributed by atoms with E-state index >= 15 is 0 Å². The summed E-state index contributed by atoms with van der Waals surface area (Å²) in [5.41, 5.74) is 0.825. The molecular formula is C9H9F4NOS. The van der Waals surface area contributed by atoms with Gasteiger partial charge < -0.3 is 5.32 Å². The van der Waals surface area contributed by atoms with Crippen LogP contribution < -0.4 is 5.32 Å². The second-order valence-corrected chi connectivity index (χ2v) is 4.13. The third kappa shape index (κ3) is 2.72. The first kappa shape index (κ1) is 13.0. The van der Waals surface area contributed by atoms with Crippen LogP contribution in [0.3, 0.4) is 0 Å². The number of carbonyl (C=O) groups excluding carboxylic acids is 1. The van der Waals surface area contributed by atoms with E-state index in [1.807, 2.05) is 0 Å². The summed E-state index contributed by atoms with van der Waals surface area (Å²) in [6.07, 6.45) is -3.99. The first-order valence-corrected chi connectivity index (χ1v) is 5.21. The van der Waals surface area contributed by atoms with E-state index in [-0.39, 0.29) is 6.54 Å². The van der Waals surface area contributed by atoms with Gasteiger partial charge in [-0.3, -0.25) is 4.79 Å². The molecule has 0 radical (unpaired) electrons. The van der Waals surface area contributed by atoms with Crippen molar-refractivity contribution in [3.05, 3.63) is 21.9 Å². The maximum absolute atomic E-state index is 12.5. The maximum atomic E-state index is 12.5. The van der Waals surface area contributed by atoms with Gasteiger partial charge in [0, 0.05) is 4.88 Å². The highest BCUT2D eigenvalue weighted by Gasteiger charge is 2.48. The average Bonchev–Trinajstić information content (AvgIpc) is 2.60. The molecule has 0 aliphatic rings. The lowest BCUT2D eigenvalue weighted by Crippen LogP contribution is -2.44. The van der Waals surface area contributed by atoms with E-state index < -0.39 is 18.3 Å². The van der Waals surface area contributed by atoms with E-state index in [0.717, 1.165) is 5.56 Å².